The molecule has 0 saturated carbocycles. The van der Waals surface area contributed by atoms with Crippen molar-refractivity contribution >= 4 is 0 Å². The highest BCUT2D eigenvalue weighted by atomic mass is 16.5. The molecule has 86 valence electrons. The van der Waals surface area contributed by atoms with Gasteiger partial charge in [-0.15, -0.1) is 0 Å². The number of rotatable bonds is 3. The summed E-state index contributed by atoms with van der Waals surface area (Å²) in [6, 6.07) is 7.02. The molecular formula is C13H17NO2. The van der Waals surface area contributed by atoms with Crippen molar-refractivity contribution in [2.75, 3.05) is 19.8 Å². The summed E-state index contributed by atoms with van der Waals surface area (Å²) in [7, 11) is 0. The third-order valence-corrected chi connectivity index (χ3v) is 3.28. The van der Waals surface area contributed by atoms with Crippen LogP contribution in [0.25, 0.3) is 0 Å². The Hall–Kier alpha value is -1.06. The van der Waals surface area contributed by atoms with Crippen LogP contribution in [0.2, 0.25) is 0 Å². The summed E-state index contributed by atoms with van der Waals surface area (Å²) >= 11 is 0. The van der Waals surface area contributed by atoms with E-state index in [1.54, 1.807) is 0 Å². The van der Waals surface area contributed by atoms with Gasteiger partial charge in [0.2, 0.25) is 0 Å². The maximum Gasteiger partial charge on any atom is 0.122 e. The summed E-state index contributed by atoms with van der Waals surface area (Å²) in [5.74, 6) is 1.06. The fourth-order valence-electron chi connectivity index (χ4n) is 2.31. The van der Waals surface area contributed by atoms with Crippen LogP contribution in [-0.2, 0) is 17.7 Å². The quantitative estimate of drug-likeness (QED) is 0.835. The highest BCUT2D eigenvalue weighted by molar-refractivity contribution is 5.39. The molecule has 1 fully saturated rings. The van der Waals surface area contributed by atoms with Crippen molar-refractivity contribution in [3.05, 3.63) is 29.3 Å². The first kappa shape index (κ1) is 10.1. The van der Waals surface area contributed by atoms with Crippen molar-refractivity contribution in [1.29, 1.82) is 0 Å². The zero-order valence-electron chi connectivity index (χ0n) is 9.37. The molecule has 2 heterocycles. The first-order valence-electron chi connectivity index (χ1n) is 5.97. The molecule has 0 aromatic heterocycles. The third kappa shape index (κ3) is 2.06. The smallest absolute Gasteiger partial charge is 0.122 e. The van der Waals surface area contributed by atoms with Crippen LogP contribution in [0.3, 0.4) is 0 Å². The lowest BCUT2D eigenvalue weighted by atomic mass is 10.1. The number of hydrogen-bond acceptors (Lipinski definition) is 3. The van der Waals surface area contributed by atoms with E-state index in [4.69, 9.17) is 9.47 Å². The average molecular weight is 219 g/mol. The largest absolute Gasteiger partial charge is 0.493 e. The van der Waals surface area contributed by atoms with Gasteiger partial charge in [-0.3, -0.25) is 0 Å². The number of fused-ring (bicyclic) bond motifs is 1. The molecule has 1 aromatic rings. The van der Waals surface area contributed by atoms with Gasteiger partial charge in [-0.2, -0.15) is 0 Å². The summed E-state index contributed by atoms with van der Waals surface area (Å²) in [4.78, 5) is 0. The molecule has 16 heavy (non-hydrogen) atoms. The molecule has 0 bridgehead atoms. The van der Waals surface area contributed by atoms with E-state index in [1.165, 1.54) is 11.1 Å². The standard InChI is InChI=1S/C13H17NO2/c1-2-13-11(3-6-16-13)7-10(1)8-14-12-4-5-15-9-12/h1-2,7,12,14H,3-6,8-9H2. The van der Waals surface area contributed by atoms with Gasteiger partial charge in [0, 0.05) is 25.6 Å². The van der Waals surface area contributed by atoms with Gasteiger partial charge >= 0.3 is 0 Å². The summed E-state index contributed by atoms with van der Waals surface area (Å²) in [5.41, 5.74) is 2.69. The monoisotopic (exact) mass is 219 g/mol. The number of benzene rings is 1. The van der Waals surface area contributed by atoms with Crippen LogP contribution in [0, 0.1) is 0 Å². The van der Waals surface area contributed by atoms with Crippen molar-refractivity contribution in [3.8, 4) is 5.75 Å². The van der Waals surface area contributed by atoms with E-state index in [0.29, 0.717) is 6.04 Å². The van der Waals surface area contributed by atoms with E-state index in [2.05, 4.69) is 23.5 Å². The van der Waals surface area contributed by atoms with Crippen molar-refractivity contribution in [3.63, 3.8) is 0 Å². The minimum absolute atomic E-state index is 0.532. The Kier molecular flexibility index (Phi) is 2.80. The second-order valence-corrected chi connectivity index (χ2v) is 4.48. The maximum atomic E-state index is 5.49. The lowest BCUT2D eigenvalue weighted by Gasteiger charge is -2.11. The van der Waals surface area contributed by atoms with E-state index in [-0.39, 0.29) is 0 Å². The molecule has 0 spiro atoms. The van der Waals surface area contributed by atoms with Crippen LogP contribution in [0.5, 0.6) is 5.75 Å². The third-order valence-electron chi connectivity index (χ3n) is 3.28. The van der Waals surface area contributed by atoms with Crippen LogP contribution >= 0.6 is 0 Å². The predicted octanol–water partition coefficient (Wildman–Crippen LogP) is 1.50. The van der Waals surface area contributed by atoms with Gasteiger partial charge in [0.15, 0.2) is 0 Å². The molecular weight excluding hydrogens is 202 g/mol. The van der Waals surface area contributed by atoms with Crippen LogP contribution in [-0.4, -0.2) is 25.9 Å². The van der Waals surface area contributed by atoms with E-state index in [9.17, 15) is 0 Å². The summed E-state index contributed by atoms with van der Waals surface area (Å²) in [6.07, 6.45) is 2.18. The topological polar surface area (TPSA) is 30.5 Å². The van der Waals surface area contributed by atoms with Crippen LogP contribution < -0.4 is 10.1 Å². The minimum Gasteiger partial charge on any atom is -0.493 e. The Morgan fingerprint density at radius 1 is 1.31 bits per heavy atom. The second-order valence-electron chi connectivity index (χ2n) is 4.48. The van der Waals surface area contributed by atoms with Crippen LogP contribution in [0.15, 0.2) is 18.2 Å². The SMILES string of the molecule is c1cc2c(cc1CNC1CCOC1)CCO2. The van der Waals surface area contributed by atoms with Gasteiger partial charge in [0.05, 0.1) is 13.2 Å². The fraction of sp³-hybridized carbons (Fsp3) is 0.538. The van der Waals surface area contributed by atoms with Gasteiger partial charge in [-0.25, -0.2) is 0 Å². The zero-order valence-corrected chi connectivity index (χ0v) is 9.37. The van der Waals surface area contributed by atoms with Gasteiger partial charge in [0.1, 0.15) is 5.75 Å². The summed E-state index contributed by atoms with van der Waals surface area (Å²) in [5, 5.41) is 3.52. The second kappa shape index (κ2) is 4.44. The first-order chi connectivity index (χ1) is 7.92. The highest BCUT2D eigenvalue weighted by Gasteiger charge is 2.15. The van der Waals surface area contributed by atoms with Gasteiger partial charge in [-0.05, 0) is 23.6 Å². The van der Waals surface area contributed by atoms with Gasteiger partial charge in [-0.1, -0.05) is 12.1 Å². The summed E-state index contributed by atoms with van der Waals surface area (Å²) in [6.45, 7) is 3.52. The minimum atomic E-state index is 0.532. The van der Waals surface area contributed by atoms with E-state index in [0.717, 1.165) is 45.0 Å². The highest BCUT2D eigenvalue weighted by Crippen LogP contribution is 2.25. The number of hydrogen-bond donors (Lipinski definition) is 1. The fourth-order valence-corrected chi connectivity index (χ4v) is 2.31. The Morgan fingerprint density at radius 2 is 2.31 bits per heavy atom. The molecule has 0 radical (unpaired) electrons. The molecule has 3 heteroatoms. The van der Waals surface area contributed by atoms with Crippen molar-refractivity contribution in [2.45, 2.75) is 25.4 Å². The number of nitrogens with one attached hydrogen (secondary N) is 1. The Bertz CT molecular complexity index is 372. The molecule has 0 amide bonds. The first-order valence-corrected chi connectivity index (χ1v) is 5.97. The lowest BCUT2D eigenvalue weighted by Crippen LogP contribution is -2.28. The molecule has 1 N–H and O–H groups in total. The van der Waals surface area contributed by atoms with Crippen molar-refractivity contribution < 1.29 is 9.47 Å². The lowest BCUT2D eigenvalue weighted by molar-refractivity contribution is 0.190. The van der Waals surface area contributed by atoms with E-state index >= 15 is 0 Å². The normalized spacial score (nSPS) is 23.1. The maximum absolute atomic E-state index is 5.49. The number of ether oxygens (including phenoxy) is 2. The molecule has 1 saturated heterocycles. The molecule has 3 rings (SSSR count). The molecule has 1 atom stereocenters. The summed E-state index contributed by atoms with van der Waals surface area (Å²) < 4.78 is 10.8. The van der Waals surface area contributed by atoms with Crippen molar-refractivity contribution in [2.24, 2.45) is 0 Å². The molecule has 2 aliphatic rings. The molecule has 1 aromatic carbocycles. The van der Waals surface area contributed by atoms with Crippen LogP contribution in [0.4, 0.5) is 0 Å². The van der Waals surface area contributed by atoms with Crippen molar-refractivity contribution in [1.82, 2.24) is 5.32 Å². The average Bonchev–Trinajstić information content (AvgIpc) is 2.97. The predicted molar refractivity (Wildman–Crippen MR) is 61.7 cm³/mol. The Labute approximate surface area is 95.8 Å². The molecule has 2 aliphatic heterocycles. The molecule has 0 aliphatic carbocycles. The Morgan fingerprint density at radius 3 is 3.19 bits per heavy atom. The van der Waals surface area contributed by atoms with E-state index < -0.39 is 0 Å². The van der Waals surface area contributed by atoms with Gasteiger partial charge in [0.25, 0.3) is 0 Å². The molecule has 3 nitrogen and oxygen atoms in total. The molecule has 1 unspecified atom stereocenters. The zero-order chi connectivity index (χ0) is 10.8. The van der Waals surface area contributed by atoms with Gasteiger partial charge < -0.3 is 14.8 Å². The Balaban J connectivity index is 1.61. The van der Waals surface area contributed by atoms with Crippen LogP contribution in [0.1, 0.15) is 17.5 Å². The van der Waals surface area contributed by atoms with E-state index in [1.807, 2.05) is 0 Å².